The van der Waals surface area contributed by atoms with Gasteiger partial charge in [0.1, 0.15) is 0 Å². The van der Waals surface area contributed by atoms with Crippen LogP contribution in [0.5, 0.6) is 23.0 Å². The van der Waals surface area contributed by atoms with Gasteiger partial charge in [0.15, 0.2) is 23.0 Å². The summed E-state index contributed by atoms with van der Waals surface area (Å²) in [6.07, 6.45) is 0. The molecule has 158 valence electrons. The maximum absolute atomic E-state index is 12.4. The van der Waals surface area contributed by atoms with Gasteiger partial charge in [-0.1, -0.05) is 12.1 Å². The summed E-state index contributed by atoms with van der Waals surface area (Å²) in [5, 5.41) is 52.8. The van der Waals surface area contributed by atoms with Gasteiger partial charge in [-0.05, 0) is 42.5 Å². The molecular weight excluding hydrogens is 408 g/mol. The highest BCUT2D eigenvalue weighted by Gasteiger charge is 2.18. The Kier molecular flexibility index (Phi) is 5.64. The Bertz CT molecular complexity index is 1120. The summed E-state index contributed by atoms with van der Waals surface area (Å²) in [6, 6.07) is 11.0. The fourth-order valence-electron chi connectivity index (χ4n) is 2.72. The lowest BCUT2D eigenvalue weighted by atomic mass is 10.1. The van der Waals surface area contributed by atoms with Crippen molar-refractivity contribution in [3.63, 3.8) is 0 Å². The predicted octanol–water partition coefficient (Wildman–Crippen LogP) is 2.71. The standard InChI is InChI=1S/C21H16N2O8/c24-15-5-1-3-13(17(15)26)19(28)22-11-7-10(21(30)31)8-12(9-11)23-20(29)14-4-2-6-16(25)18(14)27/h1-9,24-27H,(H,22,28)(H,23,29)(H,30,31). The summed E-state index contributed by atoms with van der Waals surface area (Å²) in [4.78, 5) is 36.3. The van der Waals surface area contributed by atoms with Crippen molar-refractivity contribution < 1.29 is 39.9 Å². The second-order valence-corrected chi connectivity index (χ2v) is 6.36. The first-order valence-corrected chi connectivity index (χ1v) is 8.70. The quantitative estimate of drug-likeness (QED) is 0.306. The van der Waals surface area contributed by atoms with E-state index in [2.05, 4.69) is 10.6 Å². The zero-order chi connectivity index (χ0) is 22.7. The van der Waals surface area contributed by atoms with Crippen molar-refractivity contribution in [2.24, 2.45) is 0 Å². The largest absolute Gasteiger partial charge is 0.504 e. The molecule has 0 aliphatic carbocycles. The predicted molar refractivity (Wildman–Crippen MR) is 109 cm³/mol. The molecule has 0 atom stereocenters. The number of nitrogens with one attached hydrogen (secondary N) is 2. The number of carboxylic acids is 1. The van der Waals surface area contributed by atoms with Crippen molar-refractivity contribution in [1.82, 2.24) is 0 Å². The number of hydrogen-bond donors (Lipinski definition) is 7. The van der Waals surface area contributed by atoms with E-state index in [1.165, 1.54) is 42.5 Å². The van der Waals surface area contributed by atoms with Crippen molar-refractivity contribution in [1.29, 1.82) is 0 Å². The highest BCUT2D eigenvalue weighted by molar-refractivity contribution is 6.09. The number of phenols is 4. The first-order valence-electron chi connectivity index (χ1n) is 8.70. The van der Waals surface area contributed by atoms with Crippen LogP contribution in [0.25, 0.3) is 0 Å². The second-order valence-electron chi connectivity index (χ2n) is 6.36. The van der Waals surface area contributed by atoms with E-state index in [-0.39, 0.29) is 28.1 Å². The fraction of sp³-hybridized carbons (Fsp3) is 0. The second kappa shape index (κ2) is 8.33. The number of hydrogen-bond acceptors (Lipinski definition) is 7. The van der Waals surface area contributed by atoms with Gasteiger partial charge in [0.25, 0.3) is 11.8 Å². The van der Waals surface area contributed by atoms with E-state index in [9.17, 15) is 39.9 Å². The number of rotatable bonds is 5. The molecule has 2 amide bonds. The summed E-state index contributed by atoms with van der Waals surface area (Å²) < 4.78 is 0. The van der Waals surface area contributed by atoms with Gasteiger partial charge in [0.05, 0.1) is 16.7 Å². The van der Waals surface area contributed by atoms with Crippen LogP contribution in [-0.4, -0.2) is 43.3 Å². The van der Waals surface area contributed by atoms with E-state index in [0.717, 1.165) is 12.1 Å². The van der Waals surface area contributed by atoms with Crippen molar-refractivity contribution in [3.8, 4) is 23.0 Å². The number of benzene rings is 3. The molecule has 10 heteroatoms. The van der Waals surface area contributed by atoms with Gasteiger partial charge in [-0.25, -0.2) is 4.79 Å². The van der Waals surface area contributed by atoms with Crippen molar-refractivity contribution in [3.05, 3.63) is 71.3 Å². The van der Waals surface area contributed by atoms with Crippen LogP contribution in [-0.2, 0) is 0 Å². The van der Waals surface area contributed by atoms with Crippen LogP contribution in [0.3, 0.4) is 0 Å². The number of phenolic OH excluding ortho intramolecular Hbond substituents is 4. The summed E-state index contributed by atoms with van der Waals surface area (Å²) in [5.41, 5.74) is -0.827. The molecule has 7 N–H and O–H groups in total. The number of anilines is 2. The Morgan fingerprint density at radius 1 is 0.645 bits per heavy atom. The van der Waals surface area contributed by atoms with Gasteiger partial charge >= 0.3 is 5.97 Å². The zero-order valence-corrected chi connectivity index (χ0v) is 15.7. The lowest BCUT2D eigenvalue weighted by molar-refractivity contribution is 0.0696. The number of aromatic carboxylic acids is 1. The fourth-order valence-corrected chi connectivity index (χ4v) is 2.72. The topological polar surface area (TPSA) is 176 Å². The number of aromatic hydroxyl groups is 4. The van der Waals surface area contributed by atoms with E-state index in [1.807, 2.05) is 0 Å². The molecule has 31 heavy (non-hydrogen) atoms. The number of para-hydroxylation sites is 2. The van der Waals surface area contributed by atoms with Gasteiger partial charge in [-0.15, -0.1) is 0 Å². The van der Waals surface area contributed by atoms with Crippen molar-refractivity contribution in [2.45, 2.75) is 0 Å². The van der Waals surface area contributed by atoms with E-state index < -0.39 is 40.8 Å². The number of carboxylic acid groups (broad SMARTS) is 1. The van der Waals surface area contributed by atoms with Crippen LogP contribution >= 0.6 is 0 Å². The van der Waals surface area contributed by atoms with Gasteiger partial charge < -0.3 is 36.2 Å². The summed E-state index contributed by atoms with van der Waals surface area (Å²) >= 11 is 0. The molecule has 0 unspecified atom stereocenters. The molecule has 0 saturated heterocycles. The van der Waals surface area contributed by atoms with E-state index in [1.54, 1.807) is 0 Å². The van der Waals surface area contributed by atoms with E-state index >= 15 is 0 Å². The van der Waals surface area contributed by atoms with Crippen LogP contribution < -0.4 is 10.6 Å². The molecule has 0 aromatic heterocycles. The zero-order valence-electron chi connectivity index (χ0n) is 15.7. The molecule has 10 nitrogen and oxygen atoms in total. The van der Waals surface area contributed by atoms with Gasteiger partial charge in [0, 0.05) is 11.4 Å². The molecule has 0 heterocycles. The smallest absolute Gasteiger partial charge is 0.335 e. The molecule has 3 rings (SSSR count). The minimum atomic E-state index is -1.34. The van der Waals surface area contributed by atoms with E-state index in [0.29, 0.717) is 0 Å². The van der Waals surface area contributed by atoms with Crippen molar-refractivity contribution >= 4 is 29.2 Å². The summed E-state index contributed by atoms with van der Waals surface area (Å²) in [7, 11) is 0. The summed E-state index contributed by atoms with van der Waals surface area (Å²) in [6.45, 7) is 0. The number of carbonyl (C=O) groups excluding carboxylic acids is 2. The van der Waals surface area contributed by atoms with Gasteiger partial charge in [-0.2, -0.15) is 0 Å². The molecule has 0 fully saturated rings. The van der Waals surface area contributed by atoms with Gasteiger partial charge in [-0.3, -0.25) is 9.59 Å². The normalized spacial score (nSPS) is 10.3. The Labute approximate surface area is 174 Å². The monoisotopic (exact) mass is 424 g/mol. The van der Waals surface area contributed by atoms with Crippen LogP contribution in [0.1, 0.15) is 31.1 Å². The number of carbonyl (C=O) groups is 3. The average Bonchev–Trinajstić information content (AvgIpc) is 2.71. The van der Waals surface area contributed by atoms with Crippen LogP contribution in [0.2, 0.25) is 0 Å². The van der Waals surface area contributed by atoms with Crippen LogP contribution in [0.4, 0.5) is 11.4 Å². The Morgan fingerprint density at radius 2 is 1.06 bits per heavy atom. The first kappa shape index (κ1) is 21.0. The lowest BCUT2D eigenvalue weighted by Gasteiger charge is -2.12. The molecule has 0 saturated carbocycles. The SMILES string of the molecule is O=C(O)c1cc(NC(=O)c2cccc(O)c2O)cc(NC(=O)c2cccc(O)c2O)c1. The minimum Gasteiger partial charge on any atom is -0.504 e. The minimum absolute atomic E-state index is 0.0249. The highest BCUT2D eigenvalue weighted by atomic mass is 16.4. The molecule has 0 aliphatic rings. The third kappa shape index (κ3) is 4.48. The molecule has 0 bridgehead atoms. The maximum atomic E-state index is 12.4. The van der Waals surface area contributed by atoms with Gasteiger partial charge in [0.2, 0.25) is 0 Å². The molecule has 0 radical (unpaired) electrons. The van der Waals surface area contributed by atoms with E-state index in [4.69, 9.17) is 0 Å². The van der Waals surface area contributed by atoms with Crippen LogP contribution in [0.15, 0.2) is 54.6 Å². The summed E-state index contributed by atoms with van der Waals surface area (Å²) in [5.74, 6) is -5.33. The molecule has 3 aromatic carbocycles. The molecule has 0 aliphatic heterocycles. The molecule has 0 spiro atoms. The average molecular weight is 424 g/mol. The number of amides is 2. The molecular formula is C21H16N2O8. The third-order valence-corrected chi connectivity index (χ3v) is 4.21. The molecule has 3 aromatic rings. The van der Waals surface area contributed by atoms with Crippen LogP contribution in [0, 0.1) is 0 Å². The maximum Gasteiger partial charge on any atom is 0.335 e. The Balaban J connectivity index is 1.91. The lowest BCUT2D eigenvalue weighted by Crippen LogP contribution is -2.15. The first-order chi connectivity index (χ1) is 14.7. The third-order valence-electron chi connectivity index (χ3n) is 4.21. The Morgan fingerprint density at radius 3 is 1.45 bits per heavy atom. The van der Waals surface area contributed by atoms with Crippen molar-refractivity contribution in [2.75, 3.05) is 10.6 Å². The highest BCUT2D eigenvalue weighted by Crippen LogP contribution is 2.31. The Hall–Kier alpha value is -4.73.